The highest BCUT2D eigenvalue weighted by Gasteiger charge is 2.16. The lowest BCUT2D eigenvalue weighted by Crippen LogP contribution is -2.03. The van der Waals surface area contributed by atoms with E-state index < -0.39 is 6.10 Å². The minimum atomic E-state index is -0.559. The van der Waals surface area contributed by atoms with Crippen molar-refractivity contribution in [2.75, 3.05) is 0 Å². The van der Waals surface area contributed by atoms with Crippen molar-refractivity contribution in [1.82, 2.24) is 9.78 Å². The first-order valence-corrected chi connectivity index (χ1v) is 7.23. The molecule has 1 unspecified atom stereocenters. The lowest BCUT2D eigenvalue weighted by atomic mass is 9.97. The van der Waals surface area contributed by atoms with E-state index in [9.17, 15) is 5.11 Å². The Balaban J connectivity index is 2.17. The molecular weight excluding hydrogens is 272 g/mol. The fraction of sp³-hybridized carbons (Fsp3) is 0.438. The van der Waals surface area contributed by atoms with Gasteiger partial charge in [0, 0.05) is 19.0 Å². The number of benzene rings is 1. The van der Waals surface area contributed by atoms with Crippen LogP contribution in [-0.2, 0) is 13.5 Å². The number of rotatable bonds is 4. The lowest BCUT2D eigenvalue weighted by molar-refractivity contribution is 0.178. The lowest BCUT2D eigenvalue weighted by Gasteiger charge is -2.13. The number of hydrogen-bond donors (Lipinski definition) is 1. The second-order valence-electron chi connectivity index (χ2n) is 5.52. The molecule has 108 valence electrons. The first-order chi connectivity index (χ1) is 9.40. The molecule has 1 heterocycles. The molecule has 1 atom stereocenters. The minimum Gasteiger partial charge on any atom is -0.388 e. The van der Waals surface area contributed by atoms with Crippen molar-refractivity contribution in [2.45, 2.75) is 39.2 Å². The summed E-state index contributed by atoms with van der Waals surface area (Å²) >= 11 is 6.20. The van der Waals surface area contributed by atoms with E-state index in [0.29, 0.717) is 17.5 Å². The quantitative estimate of drug-likeness (QED) is 0.931. The topological polar surface area (TPSA) is 38.0 Å². The van der Waals surface area contributed by atoms with Gasteiger partial charge in [0.25, 0.3) is 0 Å². The summed E-state index contributed by atoms with van der Waals surface area (Å²) in [6.07, 6.45) is -0.0730. The summed E-state index contributed by atoms with van der Waals surface area (Å²) in [6, 6.07) is 8.11. The first kappa shape index (κ1) is 15.1. The van der Waals surface area contributed by atoms with E-state index in [0.717, 1.165) is 16.8 Å². The van der Waals surface area contributed by atoms with Crippen LogP contribution in [0.3, 0.4) is 0 Å². The normalized spacial score (nSPS) is 12.9. The van der Waals surface area contributed by atoms with Crippen molar-refractivity contribution in [1.29, 1.82) is 0 Å². The number of hydrogen-bond acceptors (Lipinski definition) is 2. The van der Waals surface area contributed by atoms with Gasteiger partial charge in [0.1, 0.15) is 5.15 Å². The Morgan fingerprint density at radius 1 is 1.20 bits per heavy atom. The summed E-state index contributed by atoms with van der Waals surface area (Å²) in [4.78, 5) is 0. The van der Waals surface area contributed by atoms with Crippen LogP contribution in [0.15, 0.2) is 24.3 Å². The third-order valence-corrected chi connectivity index (χ3v) is 4.13. The van der Waals surface area contributed by atoms with Crippen LogP contribution in [0.1, 0.15) is 48.3 Å². The van der Waals surface area contributed by atoms with Crippen molar-refractivity contribution >= 4 is 11.6 Å². The fourth-order valence-electron chi connectivity index (χ4n) is 2.32. The Morgan fingerprint density at radius 2 is 1.75 bits per heavy atom. The van der Waals surface area contributed by atoms with E-state index in [1.165, 1.54) is 5.56 Å². The van der Waals surface area contributed by atoms with Crippen molar-refractivity contribution in [3.05, 3.63) is 51.8 Å². The van der Waals surface area contributed by atoms with E-state index in [1.54, 1.807) is 4.68 Å². The molecule has 20 heavy (non-hydrogen) atoms. The number of aryl methyl sites for hydroxylation is 2. The van der Waals surface area contributed by atoms with Crippen LogP contribution in [-0.4, -0.2) is 14.9 Å². The Hall–Kier alpha value is -1.32. The molecular formula is C16H21ClN2O. The molecule has 0 spiro atoms. The minimum absolute atomic E-state index is 0.486. The van der Waals surface area contributed by atoms with Crippen LogP contribution in [0.25, 0.3) is 0 Å². The number of aliphatic hydroxyl groups excluding tert-OH is 1. The second kappa shape index (κ2) is 5.98. The summed E-state index contributed by atoms with van der Waals surface area (Å²) < 4.78 is 1.64. The van der Waals surface area contributed by atoms with E-state index in [2.05, 4.69) is 31.1 Å². The molecule has 1 aromatic heterocycles. The van der Waals surface area contributed by atoms with Crippen LogP contribution in [0.2, 0.25) is 5.15 Å². The molecule has 0 fully saturated rings. The Morgan fingerprint density at radius 3 is 2.20 bits per heavy atom. The van der Waals surface area contributed by atoms with Crippen LogP contribution >= 0.6 is 11.6 Å². The number of aliphatic hydroxyl groups is 1. The number of nitrogens with zero attached hydrogens (tertiary/aromatic N) is 2. The Kier molecular flexibility index (Phi) is 4.51. The monoisotopic (exact) mass is 292 g/mol. The van der Waals surface area contributed by atoms with E-state index in [-0.39, 0.29) is 0 Å². The maximum absolute atomic E-state index is 10.4. The predicted octanol–water partition coefficient (Wildman–Crippen LogP) is 3.78. The third kappa shape index (κ3) is 3.05. The summed E-state index contributed by atoms with van der Waals surface area (Å²) in [7, 11) is 1.81. The van der Waals surface area contributed by atoms with Crippen molar-refractivity contribution in [2.24, 2.45) is 7.05 Å². The first-order valence-electron chi connectivity index (χ1n) is 6.86. The third-order valence-electron chi connectivity index (χ3n) is 3.66. The van der Waals surface area contributed by atoms with Crippen molar-refractivity contribution in [3.63, 3.8) is 0 Å². The Labute approximate surface area is 125 Å². The summed E-state index contributed by atoms with van der Waals surface area (Å²) in [5.74, 6) is 0.496. The molecule has 0 saturated carbocycles. The van der Waals surface area contributed by atoms with E-state index in [4.69, 9.17) is 11.6 Å². The van der Waals surface area contributed by atoms with Gasteiger partial charge in [0.05, 0.1) is 11.8 Å². The predicted molar refractivity (Wildman–Crippen MR) is 82.1 cm³/mol. The molecule has 4 heteroatoms. The molecule has 2 aromatic rings. The van der Waals surface area contributed by atoms with Crippen molar-refractivity contribution < 1.29 is 5.11 Å². The highest BCUT2D eigenvalue weighted by Crippen LogP contribution is 2.26. The molecule has 1 aromatic carbocycles. The van der Waals surface area contributed by atoms with Gasteiger partial charge in [-0.15, -0.1) is 0 Å². The zero-order valence-electron chi connectivity index (χ0n) is 12.4. The van der Waals surface area contributed by atoms with Crippen LogP contribution < -0.4 is 0 Å². The highest BCUT2D eigenvalue weighted by atomic mass is 35.5. The molecule has 1 N–H and O–H groups in total. The summed E-state index contributed by atoms with van der Waals surface area (Å²) in [6.45, 7) is 6.23. The Bertz CT molecular complexity index is 587. The highest BCUT2D eigenvalue weighted by molar-refractivity contribution is 6.30. The van der Waals surface area contributed by atoms with Crippen LogP contribution in [0, 0.1) is 6.92 Å². The van der Waals surface area contributed by atoms with Gasteiger partial charge in [-0.25, -0.2) is 0 Å². The van der Waals surface area contributed by atoms with Gasteiger partial charge in [0.15, 0.2) is 0 Å². The maximum Gasteiger partial charge on any atom is 0.130 e. The van der Waals surface area contributed by atoms with Crippen LogP contribution in [0.4, 0.5) is 0 Å². The smallest absolute Gasteiger partial charge is 0.130 e. The van der Waals surface area contributed by atoms with Gasteiger partial charge in [-0.05, 0) is 24.0 Å². The summed E-state index contributed by atoms with van der Waals surface area (Å²) in [5, 5.41) is 15.2. The molecule has 0 aliphatic carbocycles. The van der Waals surface area contributed by atoms with E-state index >= 15 is 0 Å². The molecule has 0 bridgehead atoms. The van der Waals surface area contributed by atoms with Gasteiger partial charge in [-0.1, -0.05) is 49.7 Å². The molecule has 2 rings (SSSR count). The van der Waals surface area contributed by atoms with Gasteiger partial charge in [-0.2, -0.15) is 5.10 Å². The molecule has 0 saturated heterocycles. The zero-order valence-corrected chi connectivity index (χ0v) is 13.1. The zero-order chi connectivity index (χ0) is 14.9. The largest absolute Gasteiger partial charge is 0.388 e. The fourth-order valence-corrected chi connectivity index (χ4v) is 2.57. The molecule has 0 amide bonds. The van der Waals surface area contributed by atoms with Gasteiger partial charge in [-0.3, -0.25) is 4.68 Å². The molecule has 3 nitrogen and oxygen atoms in total. The molecule has 0 radical (unpaired) electrons. The molecule has 0 aliphatic rings. The van der Waals surface area contributed by atoms with Crippen molar-refractivity contribution in [3.8, 4) is 0 Å². The van der Waals surface area contributed by atoms with Gasteiger partial charge >= 0.3 is 0 Å². The second-order valence-corrected chi connectivity index (χ2v) is 5.88. The van der Waals surface area contributed by atoms with Gasteiger partial charge < -0.3 is 5.11 Å². The molecule has 0 aliphatic heterocycles. The number of aromatic nitrogens is 2. The summed E-state index contributed by atoms with van der Waals surface area (Å²) in [5.41, 5.74) is 3.97. The average molecular weight is 293 g/mol. The maximum atomic E-state index is 10.4. The van der Waals surface area contributed by atoms with E-state index in [1.807, 2.05) is 26.1 Å². The van der Waals surface area contributed by atoms with Crippen LogP contribution in [0.5, 0.6) is 0 Å². The SMILES string of the molecule is Cc1nn(C)c(Cl)c1CC(O)c1ccc(C(C)C)cc1. The average Bonchev–Trinajstić information content (AvgIpc) is 2.65. The van der Waals surface area contributed by atoms with Gasteiger partial charge in [0.2, 0.25) is 0 Å². The number of halogens is 1. The standard InChI is InChI=1S/C16H21ClN2O/c1-10(2)12-5-7-13(8-6-12)15(20)9-14-11(3)18-19(4)16(14)17/h5-8,10,15,20H,9H2,1-4H3.